The largest absolute Gasteiger partial charge is 0.497 e. The number of nitrogens with zero attached hydrogens (tertiary/aromatic N) is 5. The Hall–Kier alpha value is -4.50. The molecule has 1 N–H and O–H groups in total. The molecule has 5 rings (SSSR count). The number of aromatic nitrogens is 5. The van der Waals surface area contributed by atoms with Crippen molar-refractivity contribution in [3.63, 3.8) is 0 Å². The second kappa shape index (κ2) is 11.9. The quantitative estimate of drug-likeness (QED) is 0.270. The second-order valence-electron chi connectivity index (χ2n) is 9.23. The third-order valence-corrected chi connectivity index (χ3v) is 6.75. The third kappa shape index (κ3) is 5.83. The third-order valence-electron chi connectivity index (χ3n) is 6.75. The summed E-state index contributed by atoms with van der Waals surface area (Å²) in [7, 11) is 1.64. The van der Waals surface area contributed by atoms with Crippen LogP contribution < -0.4 is 15.0 Å². The van der Waals surface area contributed by atoms with Crippen LogP contribution in [0.25, 0.3) is 10.9 Å². The molecule has 0 saturated heterocycles. The van der Waals surface area contributed by atoms with E-state index in [9.17, 15) is 4.79 Å². The molecular formula is C30H32N6O3. The zero-order valence-electron chi connectivity index (χ0n) is 22.4. The summed E-state index contributed by atoms with van der Waals surface area (Å²) in [5.41, 5.74) is 3.29. The molecule has 0 radical (unpaired) electrons. The van der Waals surface area contributed by atoms with Crippen LogP contribution in [0.1, 0.15) is 42.4 Å². The van der Waals surface area contributed by atoms with Gasteiger partial charge in [0.15, 0.2) is 5.82 Å². The van der Waals surface area contributed by atoms with Crippen molar-refractivity contribution in [3.05, 3.63) is 112 Å². The van der Waals surface area contributed by atoms with Gasteiger partial charge in [0.05, 0.1) is 20.3 Å². The molecule has 5 aromatic rings. The van der Waals surface area contributed by atoms with Gasteiger partial charge in [-0.15, -0.1) is 5.10 Å². The van der Waals surface area contributed by atoms with Gasteiger partial charge in [0.2, 0.25) is 0 Å². The van der Waals surface area contributed by atoms with E-state index in [1.165, 1.54) is 0 Å². The highest BCUT2D eigenvalue weighted by Crippen LogP contribution is 2.29. The Kier molecular flexibility index (Phi) is 7.98. The molecular weight excluding hydrogens is 492 g/mol. The Morgan fingerprint density at radius 2 is 1.72 bits per heavy atom. The van der Waals surface area contributed by atoms with Gasteiger partial charge in [0.25, 0.3) is 5.56 Å². The molecule has 1 unspecified atom stereocenters. The van der Waals surface area contributed by atoms with Crippen molar-refractivity contribution in [2.45, 2.75) is 33.0 Å². The molecule has 3 aromatic carbocycles. The molecule has 9 nitrogen and oxygen atoms in total. The number of hydrogen-bond donors (Lipinski definition) is 1. The van der Waals surface area contributed by atoms with E-state index >= 15 is 0 Å². The van der Waals surface area contributed by atoms with Crippen molar-refractivity contribution in [2.75, 3.05) is 20.3 Å². The van der Waals surface area contributed by atoms with E-state index in [-0.39, 0.29) is 5.56 Å². The van der Waals surface area contributed by atoms with E-state index in [1.54, 1.807) is 11.8 Å². The van der Waals surface area contributed by atoms with Crippen molar-refractivity contribution in [3.8, 4) is 11.5 Å². The highest BCUT2D eigenvalue weighted by molar-refractivity contribution is 5.80. The second-order valence-corrected chi connectivity index (χ2v) is 9.23. The summed E-state index contributed by atoms with van der Waals surface area (Å²) >= 11 is 0. The van der Waals surface area contributed by atoms with E-state index < -0.39 is 6.04 Å². The van der Waals surface area contributed by atoms with Crippen LogP contribution in [0.3, 0.4) is 0 Å². The Balaban J connectivity index is 1.61. The van der Waals surface area contributed by atoms with Crippen LogP contribution in [-0.4, -0.2) is 50.4 Å². The number of hydrogen-bond acceptors (Lipinski definition) is 7. The first-order valence-corrected chi connectivity index (χ1v) is 13.1. The van der Waals surface area contributed by atoms with E-state index in [0.29, 0.717) is 37.6 Å². The lowest BCUT2D eigenvalue weighted by Crippen LogP contribution is -2.35. The lowest BCUT2D eigenvalue weighted by atomic mass is 10.0. The van der Waals surface area contributed by atoms with Crippen molar-refractivity contribution in [1.82, 2.24) is 30.1 Å². The molecule has 200 valence electrons. The zero-order chi connectivity index (χ0) is 27.2. The molecule has 1 atom stereocenters. The molecule has 2 heterocycles. The smallest absolute Gasteiger partial charge is 0.253 e. The van der Waals surface area contributed by atoms with Gasteiger partial charge < -0.3 is 14.5 Å². The van der Waals surface area contributed by atoms with Gasteiger partial charge in [-0.1, -0.05) is 49.4 Å². The summed E-state index contributed by atoms with van der Waals surface area (Å²) < 4.78 is 12.8. The van der Waals surface area contributed by atoms with Crippen LogP contribution in [-0.2, 0) is 13.1 Å². The van der Waals surface area contributed by atoms with Gasteiger partial charge in [-0.05, 0) is 71.4 Å². The van der Waals surface area contributed by atoms with Gasteiger partial charge in [-0.25, -0.2) is 4.68 Å². The molecule has 0 aliphatic heterocycles. The van der Waals surface area contributed by atoms with Crippen molar-refractivity contribution >= 4 is 10.9 Å². The maximum atomic E-state index is 13.6. The fourth-order valence-corrected chi connectivity index (χ4v) is 4.79. The van der Waals surface area contributed by atoms with Gasteiger partial charge in [-0.3, -0.25) is 9.69 Å². The molecule has 2 aromatic heterocycles. The van der Waals surface area contributed by atoms with Gasteiger partial charge in [-0.2, -0.15) is 0 Å². The van der Waals surface area contributed by atoms with E-state index in [0.717, 1.165) is 33.5 Å². The summed E-state index contributed by atoms with van der Waals surface area (Å²) in [5, 5.41) is 13.7. The van der Waals surface area contributed by atoms with Crippen molar-refractivity contribution in [1.29, 1.82) is 0 Å². The van der Waals surface area contributed by atoms with Gasteiger partial charge in [0, 0.05) is 23.0 Å². The number of rotatable bonds is 11. The van der Waals surface area contributed by atoms with Gasteiger partial charge >= 0.3 is 0 Å². The first-order valence-electron chi connectivity index (χ1n) is 13.1. The number of pyridine rings is 1. The highest BCUT2D eigenvalue weighted by atomic mass is 16.5. The summed E-state index contributed by atoms with van der Waals surface area (Å²) in [6.45, 7) is 6.33. The normalized spacial score (nSPS) is 12.1. The molecule has 0 spiro atoms. The number of H-pyrrole nitrogens is 1. The van der Waals surface area contributed by atoms with Crippen molar-refractivity contribution < 1.29 is 9.47 Å². The molecule has 0 saturated carbocycles. The van der Waals surface area contributed by atoms with Crippen molar-refractivity contribution in [2.24, 2.45) is 0 Å². The Morgan fingerprint density at radius 1 is 0.949 bits per heavy atom. The van der Waals surface area contributed by atoms with E-state index in [4.69, 9.17) is 9.47 Å². The lowest BCUT2D eigenvalue weighted by molar-refractivity contribution is 0.214. The number of aromatic amines is 1. The van der Waals surface area contributed by atoms with Crippen LogP contribution >= 0.6 is 0 Å². The minimum atomic E-state index is -0.493. The maximum Gasteiger partial charge on any atom is 0.253 e. The minimum Gasteiger partial charge on any atom is -0.497 e. The lowest BCUT2D eigenvalue weighted by Gasteiger charge is -2.30. The average Bonchev–Trinajstić information content (AvgIpc) is 3.41. The van der Waals surface area contributed by atoms with Crippen LogP contribution in [0.2, 0.25) is 0 Å². The topological polar surface area (TPSA) is 98.2 Å². The molecule has 9 heteroatoms. The first-order chi connectivity index (χ1) is 19.1. The van der Waals surface area contributed by atoms with Crippen LogP contribution in [0.5, 0.6) is 11.5 Å². The fourth-order valence-electron chi connectivity index (χ4n) is 4.79. The monoisotopic (exact) mass is 524 g/mol. The summed E-state index contributed by atoms with van der Waals surface area (Å²) in [4.78, 5) is 18.9. The number of ether oxygens (including phenoxy) is 2. The Bertz CT molecular complexity index is 1580. The first kappa shape index (κ1) is 26.1. The fraction of sp³-hybridized carbons (Fsp3) is 0.267. The number of methoxy groups -OCH3 is 1. The van der Waals surface area contributed by atoms with Crippen LogP contribution in [0.4, 0.5) is 0 Å². The Morgan fingerprint density at radius 3 is 2.44 bits per heavy atom. The number of nitrogens with one attached hydrogen (secondary N) is 1. The molecule has 0 fully saturated rings. The highest BCUT2D eigenvalue weighted by Gasteiger charge is 2.30. The van der Waals surface area contributed by atoms with E-state index in [1.807, 2.05) is 73.7 Å². The predicted octanol–water partition coefficient (Wildman–Crippen LogP) is 4.58. The van der Waals surface area contributed by atoms with Gasteiger partial charge in [0.1, 0.15) is 17.5 Å². The van der Waals surface area contributed by atoms with E-state index in [2.05, 4.69) is 44.5 Å². The molecule has 0 aliphatic carbocycles. The predicted molar refractivity (Wildman–Crippen MR) is 150 cm³/mol. The number of tetrazole rings is 1. The van der Waals surface area contributed by atoms with Crippen LogP contribution in [0.15, 0.2) is 83.7 Å². The molecule has 0 amide bonds. The Labute approximate surface area is 227 Å². The SMILES string of the molecule is CCOc1ccc2[nH]c(=O)c(C(c3nnnn3Cc3ccc(OC)cc3)N(CC)Cc3ccccc3)cc2c1. The minimum absolute atomic E-state index is 0.179. The summed E-state index contributed by atoms with van der Waals surface area (Å²) in [5.74, 6) is 2.12. The molecule has 0 aliphatic rings. The number of fused-ring (bicyclic) bond motifs is 1. The maximum absolute atomic E-state index is 13.6. The molecule has 39 heavy (non-hydrogen) atoms. The summed E-state index contributed by atoms with van der Waals surface area (Å²) in [6.07, 6.45) is 0. The zero-order valence-corrected chi connectivity index (χ0v) is 22.4. The number of benzene rings is 3. The van der Waals surface area contributed by atoms with Crippen LogP contribution in [0, 0.1) is 0 Å². The summed E-state index contributed by atoms with van der Waals surface area (Å²) in [6, 6.07) is 25.1. The average molecular weight is 525 g/mol. The molecule has 0 bridgehead atoms. The standard InChI is InChI=1S/C30H32N6O3/c1-4-35(19-21-9-7-6-8-10-21)28(26-18-23-17-25(39-5-2)15-16-27(23)31-30(26)37)29-32-33-34-36(29)20-22-11-13-24(38-3)14-12-22/h6-18,28H,4-5,19-20H2,1-3H3,(H,31,37).